The predicted octanol–water partition coefficient (Wildman–Crippen LogP) is 6.48. The zero-order valence-corrected chi connectivity index (χ0v) is 22.0. The summed E-state index contributed by atoms with van der Waals surface area (Å²) >= 11 is 0. The molecule has 0 aliphatic heterocycles. The Morgan fingerprint density at radius 2 is 1.60 bits per heavy atom. The van der Waals surface area contributed by atoms with E-state index >= 15 is 0 Å². The highest BCUT2D eigenvalue weighted by atomic mass is 15.2. The SMILES string of the molecule is CC(C)CCC(CNCC1CCC(Nc2nc(N(C)C)c3ccccc3n2)CC1)c1ccccc1. The van der Waals surface area contributed by atoms with Gasteiger partial charge in [0, 0.05) is 32.1 Å². The van der Waals surface area contributed by atoms with E-state index in [0.717, 1.165) is 47.6 Å². The van der Waals surface area contributed by atoms with E-state index in [2.05, 4.69) is 71.8 Å². The van der Waals surface area contributed by atoms with Gasteiger partial charge in [-0.3, -0.25) is 0 Å². The van der Waals surface area contributed by atoms with Gasteiger partial charge in [0.15, 0.2) is 0 Å². The Balaban J connectivity index is 1.27. The van der Waals surface area contributed by atoms with Crippen molar-refractivity contribution in [3.8, 4) is 0 Å². The Labute approximate surface area is 211 Å². The maximum Gasteiger partial charge on any atom is 0.225 e. The number of aromatic nitrogens is 2. The van der Waals surface area contributed by atoms with E-state index in [9.17, 15) is 0 Å². The van der Waals surface area contributed by atoms with Crippen molar-refractivity contribution >= 4 is 22.7 Å². The van der Waals surface area contributed by atoms with Crippen LogP contribution in [0.4, 0.5) is 11.8 Å². The topological polar surface area (TPSA) is 53.1 Å². The molecule has 0 radical (unpaired) electrons. The van der Waals surface area contributed by atoms with Crippen LogP contribution in [0.1, 0.15) is 63.9 Å². The lowest BCUT2D eigenvalue weighted by atomic mass is 9.85. The quantitative estimate of drug-likeness (QED) is 0.334. The van der Waals surface area contributed by atoms with Crippen LogP contribution in [0, 0.1) is 11.8 Å². The van der Waals surface area contributed by atoms with Crippen LogP contribution in [0.5, 0.6) is 0 Å². The number of anilines is 2. The van der Waals surface area contributed by atoms with Gasteiger partial charge in [-0.15, -0.1) is 0 Å². The van der Waals surface area contributed by atoms with Crippen molar-refractivity contribution in [1.29, 1.82) is 0 Å². The number of nitrogens with one attached hydrogen (secondary N) is 2. The predicted molar refractivity (Wildman–Crippen MR) is 149 cm³/mol. The Kier molecular flexibility index (Phi) is 8.97. The highest BCUT2D eigenvalue weighted by Crippen LogP contribution is 2.29. The molecule has 1 aliphatic carbocycles. The van der Waals surface area contributed by atoms with Crippen molar-refractivity contribution in [2.45, 2.75) is 64.3 Å². The van der Waals surface area contributed by atoms with Gasteiger partial charge in [-0.05, 0) is 74.1 Å². The summed E-state index contributed by atoms with van der Waals surface area (Å²) in [6.45, 7) is 6.85. The average molecular weight is 474 g/mol. The maximum absolute atomic E-state index is 4.83. The molecule has 35 heavy (non-hydrogen) atoms. The summed E-state index contributed by atoms with van der Waals surface area (Å²) in [5, 5.41) is 8.57. The number of hydrogen-bond acceptors (Lipinski definition) is 5. The highest BCUT2D eigenvalue weighted by molar-refractivity contribution is 5.90. The lowest BCUT2D eigenvalue weighted by Gasteiger charge is -2.30. The standard InChI is InChI=1S/C30H43N5/c1-22(2)14-17-25(24-10-6-5-7-11-24)21-31-20-23-15-18-26(19-16-23)32-30-33-28-13-9-8-12-27(28)29(34-30)35(3)4/h5-13,22-23,25-26,31H,14-21H2,1-4H3,(H,32,33,34). The summed E-state index contributed by atoms with van der Waals surface area (Å²) in [6, 6.07) is 19.8. The molecule has 2 aromatic carbocycles. The first-order valence-electron chi connectivity index (χ1n) is 13.5. The van der Waals surface area contributed by atoms with E-state index in [1.807, 2.05) is 26.2 Å². The number of nitrogens with zero attached hydrogens (tertiary/aromatic N) is 3. The van der Waals surface area contributed by atoms with Crippen molar-refractivity contribution < 1.29 is 0 Å². The molecule has 0 spiro atoms. The molecule has 1 aromatic heterocycles. The molecule has 0 saturated heterocycles. The van der Waals surface area contributed by atoms with Crippen molar-refractivity contribution in [3.05, 3.63) is 60.2 Å². The van der Waals surface area contributed by atoms with E-state index in [1.165, 1.54) is 44.1 Å². The first-order valence-corrected chi connectivity index (χ1v) is 13.5. The van der Waals surface area contributed by atoms with E-state index in [0.29, 0.717) is 12.0 Å². The summed E-state index contributed by atoms with van der Waals surface area (Å²) < 4.78 is 0. The molecule has 1 heterocycles. The molecule has 188 valence electrons. The molecule has 5 nitrogen and oxygen atoms in total. The van der Waals surface area contributed by atoms with Gasteiger partial charge in [-0.25, -0.2) is 4.98 Å². The summed E-state index contributed by atoms with van der Waals surface area (Å²) in [5.41, 5.74) is 2.47. The molecule has 2 N–H and O–H groups in total. The molecule has 1 saturated carbocycles. The van der Waals surface area contributed by atoms with Crippen molar-refractivity contribution in [2.75, 3.05) is 37.4 Å². The van der Waals surface area contributed by atoms with E-state index in [-0.39, 0.29) is 0 Å². The zero-order valence-electron chi connectivity index (χ0n) is 22.0. The summed E-state index contributed by atoms with van der Waals surface area (Å²) in [4.78, 5) is 11.7. The fraction of sp³-hybridized carbons (Fsp3) is 0.533. The van der Waals surface area contributed by atoms with Crippen LogP contribution in [0.25, 0.3) is 10.9 Å². The van der Waals surface area contributed by atoms with Gasteiger partial charge in [0.2, 0.25) is 5.95 Å². The van der Waals surface area contributed by atoms with Crippen molar-refractivity contribution in [3.63, 3.8) is 0 Å². The third kappa shape index (κ3) is 7.17. The molecule has 1 unspecified atom stereocenters. The molecule has 4 rings (SSSR count). The Bertz CT molecular complexity index is 1040. The first kappa shape index (κ1) is 25.4. The molecular weight excluding hydrogens is 430 g/mol. The van der Waals surface area contributed by atoms with Crippen LogP contribution < -0.4 is 15.5 Å². The van der Waals surface area contributed by atoms with Gasteiger partial charge >= 0.3 is 0 Å². The second-order valence-corrected chi connectivity index (χ2v) is 10.9. The number of hydrogen-bond donors (Lipinski definition) is 2. The fourth-order valence-corrected chi connectivity index (χ4v) is 5.27. The normalized spacial score (nSPS) is 19.1. The third-order valence-corrected chi connectivity index (χ3v) is 7.37. The smallest absolute Gasteiger partial charge is 0.225 e. The molecule has 0 amide bonds. The van der Waals surface area contributed by atoms with Crippen molar-refractivity contribution in [2.24, 2.45) is 11.8 Å². The Hall–Kier alpha value is -2.66. The highest BCUT2D eigenvalue weighted by Gasteiger charge is 2.22. The van der Waals surface area contributed by atoms with Gasteiger partial charge in [-0.1, -0.05) is 62.7 Å². The lowest BCUT2D eigenvalue weighted by molar-refractivity contribution is 0.320. The van der Waals surface area contributed by atoms with Gasteiger partial charge in [0.05, 0.1) is 5.52 Å². The van der Waals surface area contributed by atoms with Gasteiger partial charge in [-0.2, -0.15) is 4.98 Å². The number of fused-ring (bicyclic) bond motifs is 1. The number of para-hydroxylation sites is 1. The van der Waals surface area contributed by atoms with Gasteiger partial charge in [0.1, 0.15) is 5.82 Å². The number of benzene rings is 2. The largest absolute Gasteiger partial charge is 0.362 e. The van der Waals surface area contributed by atoms with Crippen LogP contribution in [0.15, 0.2) is 54.6 Å². The monoisotopic (exact) mass is 473 g/mol. The van der Waals surface area contributed by atoms with Crippen LogP contribution in [0.3, 0.4) is 0 Å². The maximum atomic E-state index is 4.83. The second kappa shape index (κ2) is 12.3. The number of rotatable bonds is 11. The Morgan fingerprint density at radius 1 is 0.886 bits per heavy atom. The minimum Gasteiger partial charge on any atom is -0.362 e. The summed E-state index contributed by atoms with van der Waals surface area (Å²) in [7, 11) is 4.09. The summed E-state index contributed by atoms with van der Waals surface area (Å²) in [5.74, 6) is 3.84. The van der Waals surface area contributed by atoms with Crippen LogP contribution in [-0.2, 0) is 0 Å². The summed E-state index contributed by atoms with van der Waals surface area (Å²) in [6.07, 6.45) is 7.39. The first-order chi connectivity index (χ1) is 17.0. The third-order valence-electron chi connectivity index (χ3n) is 7.37. The van der Waals surface area contributed by atoms with E-state index in [4.69, 9.17) is 9.97 Å². The van der Waals surface area contributed by atoms with Gasteiger partial charge < -0.3 is 15.5 Å². The van der Waals surface area contributed by atoms with Crippen LogP contribution in [-0.4, -0.2) is 43.2 Å². The van der Waals surface area contributed by atoms with E-state index < -0.39 is 0 Å². The van der Waals surface area contributed by atoms with Crippen LogP contribution >= 0.6 is 0 Å². The second-order valence-electron chi connectivity index (χ2n) is 10.9. The lowest BCUT2D eigenvalue weighted by Crippen LogP contribution is -2.33. The average Bonchev–Trinajstić information content (AvgIpc) is 2.87. The molecular formula is C30H43N5. The van der Waals surface area contributed by atoms with Gasteiger partial charge in [0.25, 0.3) is 0 Å². The zero-order chi connectivity index (χ0) is 24.6. The molecule has 1 atom stereocenters. The fourth-order valence-electron chi connectivity index (χ4n) is 5.27. The molecule has 5 heteroatoms. The molecule has 3 aromatic rings. The minimum absolute atomic E-state index is 0.450. The minimum atomic E-state index is 0.450. The molecule has 1 fully saturated rings. The van der Waals surface area contributed by atoms with Crippen molar-refractivity contribution in [1.82, 2.24) is 15.3 Å². The molecule has 1 aliphatic rings. The van der Waals surface area contributed by atoms with E-state index in [1.54, 1.807) is 0 Å². The Morgan fingerprint density at radius 3 is 2.31 bits per heavy atom. The van der Waals surface area contributed by atoms with Crippen LogP contribution in [0.2, 0.25) is 0 Å². The molecule has 0 bridgehead atoms.